The van der Waals surface area contributed by atoms with Crippen molar-refractivity contribution in [3.63, 3.8) is 0 Å². The molecule has 0 saturated carbocycles. The van der Waals surface area contributed by atoms with Crippen molar-refractivity contribution in [1.29, 1.82) is 0 Å². The number of aromatic amines is 1. The Hall–Kier alpha value is -3.86. The molecule has 5 nitrogen and oxygen atoms in total. The number of aliphatic imine (C=N–C) groups is 1. The van der Waals surface area contributed by atoms with Gasteiger partial charge in [-0.3, -0.25) is 4.79 Å². The molecule has 0 fully saturated rings. The minimum Gasteiger partial charge on any atom is -0.494 e. The van der Waals surface area contributed by atoms with Crippen LogP contribution < -0.4 is 0 Å². The predicted molar refractivity (Wildman–Crippen MR) is 90.4 cm³/mol. The number of amides is 1. The lowest BCUT2D eigenvalue weighted by molar-refractivity contribution is 0.101. The highest BCUT2D eigenvalue weighted by Gasteiger charge is 2.34. The van der Waals surface area contributed by atoms with E-state index in [1.54, 1.807) is 18.2 Å². The maximum atomic E-state index is 13.6. The number of halogens is 3. The Morgan fingerprint density at radius 1 is 1.04 bits per heavy atom. The minimum atomic E-state index is -1.63. The lowest BCUT2D eigenvalue weighted by Crippen LogP contribution is -1.99. The lowest BCUT2D eigenvalue weighted by atomic mass is 10.00. The standard InChI is InChI=1S/C19H8F3N3O2/c1-23-10-4-2-3-8(5-10)16-13-14(19(27)24-16)17(25-18(13)26)9-6-11(20)15(22)12(21)7-9/h2-7,25-26H. The number of hydrogen-bond acceptors (Lipinski definition) is 2. The zero-order valence-corrected chi connectivity index (χ0v) is 13.3. The zero-order chi connectivity index (χ0) is 19.3. The highest BCUT2D eigenvalue weighted by molar-refractivity contribution is 6.30. The molecular formula is C19H8F3N3O2. The summed E-state index contributed by atoms with van der Waals surface area (Å²) in [6.45, 7) is 7.07. The summed E-state index contributed by atoms with van der Waals surface area (Å²) in [7, 11) is 0. The van der Waals surface area contributed by atoms with Crippen molar-refractivity contribution in [2.45, 2.75) is 0 Å². The van der Waals surface area contributed by atoms with E-state index in [-0.39, 0.29) is 28.1 Å². The van der Waals surface area contributed by atoms with Crippen molar-refractivity contribution in [1.82, 2.24) is 4.98 Å². The number of H-pyrrole nitrogens is 1. The van der Waals surface area contributed by atoms with E-state index < -0.39 is 29.2 Å². The normalized spacial score (nSPS) is 12.7. The molecule has 0 unspecified atom stereocenters. The van der Waals surface area contributed by atoms with Crippen LogP contribution in [-0.2, 0) is 0 Å². The van der Waals surface area contributed by atoms with E-state index in [9.17, 15) is 23.1 Å². The maximum Gasteiger partial charge on any atom is 0.280 e. The average molecular weight is 367 g/mol. The molecule has 2 N–H and O–H groups in total. The van der Waals surface area contributed by atoms with Crippen molar-refractivity contribution in [3.05, 3.63) is 82.0 Å². The first kappa shape index (κ1) is 16.6. The predicted octanol–water partition coefficient (Wildman–Crippen LogP) is 4.35. The fourth-order valence-corrected chi connectivity index (χ4v) is 2.99. The van der Waals surface area contributed by atoms with E-state index in [4.69, 9.17) is 6.57 Å². The van der Waals surface area contributed by atoms with E-state index >= 15 is 0 Å². The third-order valence-electron chi connectivity index (χ3n) is 4.17. The number of nitrogens with zero attached hydrogens (tertiary/aromatic N) is 2. The van der Waals surface area contributed by atoms with Gasteiger partial charge in [0, 0.05) is 5.56 Å². The van der Waals surface area contributed by atoms with Crippen LogP contribution >= 0.6 is 0 Å². The van der Waals surface area contributed by atoms with Gasteiger partial charge in [0.2, 0.25) is 0 Å². The Morgan fingerprint density at radius 3 is 2.41 bits per heavy atom. The van der Waals surface area contributed by atoms with Crippen molar-refractivity contribution >= 4 is 17.3 Å². The number of aromatic hydroxyl groups is 1. The van der Waals surface area contributed by atoms with Gasteiger partial charge in [0.15, 0.2) is 29.0 Å². The molecule has 1 aliphatic rings. The monoisotopic (exact) mass is 367 g/mol. The largest absolute Gasteiger partial charge is 0.494 e. The Balaban J connectivity index is 1.90. The number of fused-ring (bicyclic) bond motifs is 1. The third kappa shape index (κ3) is 2.48. The number of carbonyl (C=O) groups excluding carboxylic acids is 1. The lowest BCUT2D eigenvalue weighted by Gasteiger charge is -2.03. The molecule has 1 amide bonds. The van der Waals surface area contributed by atoms with E-state index in [0.717, 1.165) is 12.1 Å². The van der Waals surface area contributed by atoms with E-state index in [2.05, 4.69) is 14.8 Å². The van der Waals surface area contributed by atoms with Crippen LogP contribution in [0.15, 0.2) is 41.4 Å². The Morgan fingerprint density at radius 2 is 1.74 bits per heavy atom. The molecule has 0 aliphatic carbocycles. The van der Waals surface area contributed by atoms with Gasteiger partial charge in [0.25, 0.3) is 5.91 Å². The molecule has 2 aromatic carbocycles. The van der Waals surface area contributed by atoms with Gasteiger partial charge in [-0.25, -0.2) is 23.0 Å². The summed E-state index contributed by atoms with van der Waals surface area (Å²) in [5, 5.41) is 10.3. The first-order valence-electron chi connectivity index (χ1n) is 7.62. The second-order valence-corrected chi connectivity index (χ2v) is 5.78. The molecule has 8 heteroatoms. The van der Waals surface area contributed by atoms with Crippen LogP contribution in [0.4, 0.5) is 18.9 Å². The summed E-state index contributed by atoms with van der Waals surface area (Å²) in [5.74, 6) is -5.65. The molecule has 0 bridgehead atoms. The smallest absolute Gasteiger partial charge is 0.280 e. The first-order valence-corrected chi connectivity index (χ1v) is 7.62. The summed E-state index contributed by atoms with van der Waals surface area (Å²) in [6.07, 6.45) is 0. The van der Waals surface area contributed by atoms with Crippen LogP contribution in [0, 0.1) is 24.0 Å². The van der Waals surface area contributed by atoms with Gasteiger partial charge in [-0.15, -0.1) is 0 Å². The highest BCUT2D eigenvalue weighted by Crippen LogP contribution is 2.38. The molecule has 132 valence electrons. The van der Waals surface area contributed by atoms with Gasteiger partial charge in [-0.05, 0) is 23.8 Å². The highest BCUT2D eigenvalue weighted by atomic mass is 19.2. The molecule has 3 aromatic rings. The summed E-state index contributed by atoms with van der Waals surface area (Å²) in [4.78, 5) is 22.1. The van der Waals surface area contributed by atoms with Crippen molar-refractivity contribution in [3.8, 4) is 17.1 Å². The summed E-state index contributed by atoms with van der Waals surface area (Å²) < 4.78 is 40.4. The molecule has 0 spiro atoms. The molecule has 2 heterocycles. The van der Waals surface area contributed by atoms with Gasteiger partial charge in [-0.2, -0.15) is 0 Å². The van der Waals surface area contributed by atoms with E-state index in [1.165, 1.54) is 6.07 Å². The molecule has 0 atom stereocenters. The summed E-state index contributed by atoms with van der Waals surface area (Å²) >= 11 is 0. The first-order chi connectivity index (χ1) is 12.9. The van der Waals surface area contributed by atoms with Crippen molar-refractivity contribution in [2.75, 3.05) is 0 Å². The van der Waals surface area contributed by atoms with E-state index in [1.807, 2.05) is 0 Å². The van der Waals surface area contributed by atoms with Gasteiger partial charge in [-0.1, -0.05) is 18.2 Å². The second-order valence-electron chi connectivity index (χ2n) is 5.78. The third-order valence-corrected chi connectivity index (χ3v) is 4.17. The molecule has 1 aromatic heterocycles. The summed E-state index contributed by atoms with van der Waals surface area (Å²) in [6, 6.07) is 7.71. The van der Waals surface area contributed by atoms with Crippen LogP contribution in [0.2, 0.25) is 0 Å². The number of carbonyl (C=O) groups is 1. The van der Waals surface area contributed by atoms with Gasteiger partial charge >= 0.3 is 0 Å². The number of aromatic nitrogens is 1. The Labute approximate surface area is 150 Å². The fraction of sp³-hybridized carbons (Fsp3) is 0. The second kappa shape index (κ2) is 5.85. The minimum absolute atomic E-state index is 0.0577. The molecular weight excluding hydrogens is 359 g/mol. The molecule has 4 rings (SSSR count). The molecule has 27 heavy (non-hydrogen) atoms. The fourth-order valence-electron chi connectivity index (χ4n) is 2.99. The molecule has 0 saturated heterocycles. The van der Waals surface area contributed by atoms with Crippen LogP contribution in [0.25, 0.3) is 16.1 Å². The topological polar surface area (TPSA) is 69.8 Å². The molecule has 1 aliphatic heterocycles. The maximum absolute atomic E-state index is 13.6. The quantitative estimate of drug-likeness (QED) is 0.522. The van der Waals surface area contributed by atoms with E-state index in [0.29, 0.717) is 11.3 Å². The van der Waals surface area contributed by atoms with Crippen molar-refractivity contribution in [2.24, 2.45) is 4.99 Å². The van der Waals surface area contributed by atoms with Crippen molar-refractivity contribution < 1.29 is 23.1 Å². The van der Waals surface area contributed by atoms with Crippen LogP contribution in [0.3, 0.4) is 0 Å². The van der Waals surface area contributed by atoms with Crippen LogP contribution in [-0.4, -0.2) is 21.7 Å². The number of rotatable bonds is 2. The zero-order valence-electron chi connectivity index (χ0n) is 13.3. The molecule has 0 radical (unpaired) electrons. The van der Waals surface area contributed by atoms with Gasteiger partial charge < -0.3 is 10.1 Å². The Bertz CT molecular complexity index is 1180. The number of benzene rings is 2. The van der Waals surface area contributed by atoms with Crippen LogP contribution in [0.5, 0.6) is 5.88 Å². The summed E-state index contributed by atoms with van der Waals surface area (Å²) in [5.41, 5.74) is 0.613. The van der Waals surface area contributed by atoms with Gasteiger partial charge in [0.05, 0.1) is 29.1 Å². The van der Waals surface area contributed by atoms with Gasteiger partial charge in [0.1, 0.15) is 0 Å². The SMILES string of the molecule is [C-]#[N+]c1cccc(C2=NC(=O)c3c(-c4cc(F)c(F)c(F)c4)[nH]c(O)c32)c1. The Kier molecular flexibility index (Phi) is 3.59. The number of hydrogen-bond donors (Lipinski definition) is 2. The van der Waals surface area contributed by atoms with Crippen LogP contribution in [0.1, 0.15) is 21.5 Å². The average Bonchev–Trinajstić information content (AvgIpc) is 3.18. The number of nitrogens with one attached hydrogen (secondary N) is 1.